The number of aliphatic hydroxyl groups excluding tert-OH is 1. The Hall–Kier alpha value is -1.41. The Kier molecular flexibility index (Phi) is 4.78. The van der Waals surface area contributed by atoms with Crippen molar-refractivity contribution in [3.05, 3.63) is 42.0 Å². The molecule has 1 rings (SSSR count). The molecule has 2 heteroatoms. The molecule has 1 aromatic carbocycles. The first-order valence-corrected chi connectivity index (χ1v) is 5.10. The zero-order valence-corrected chi connectivity index (χ0v) is 8.89. The van der Waals surface area contributed by atoms with Crippen molar-refractivity contribution < 1.29 is 9.90 Å². The molecule has 2 nitrogen and oxygen atoms in total. The maximum Gasteiger partial charge on any atom is 0.139 e. The largest absolute Gasteiger partial charge is 0.393 e. The summed E-state index contributed by atoms with van der Waals surface area (Å²) in [5, 5.41) is 8.99. The fourth-order valence-corrected chi connectivity index (χ4v) is 1.30. The molecule has 0 aromatic heterocycles. The number of carbonyl (C=O) groups is 1. The van der Waals surface area contributed by atoms with Crippen molar-refractivity contribution in [1.29, 1.82) is 0 Å². The van der Waals surface area contributed by atoms with E-state index < -0.39 is 6.10 Å². The number of hydrogen-bond donors (Lipinski definition) is 1. The number of carbonyl (C=O) groups excluding carboxylic acids is 1. The molecule has 0 radical (unpaired) electrons. The Morgan fingerprint density at radius 1 is 1.40 bits per heavy atom. The number of ketones is 1. The van der Waals surface area contributed by atoms with Crippen LogP contribution >= 0.6 is 0 Å². The van der Waals surface area contributed by atoms with Gasteiger partial charge in [0.25, 0.3) is 0 Å². The quantitative estimate of drug-likeness (QED) is 0.799. The van der Waals surface area contributed by atoms with Crippen molar-refractivity contribution in [2.75, 3.05) is 0 Å². The molecule has 0 heterocycles. The van der Waals surface area contributed by atoms with Crippen LogP contribution in [0.2, 0.25) is 0 Å². The second-order valence-corrected chi connectivity index (χ2v) is 3.61. The van der Waals surface area contributed by atoms with Gasteiger partial charge in [-0.05, 0) is 12.5 Å². The number of Topliss-reactive ketones (excluding diaryl/α,β-unsaturated/α-hetero) is 1. The summed E-state index contributed by atoms with van der Waals surface area (Å²) in [6, 6.07) is 9.83. The minimum atomic E-state index is -0.539. The van der Waals surface area contributed by atoms with Crippen LogP contribution in [0.25, 0.3) is 6.08 Å². The molecule has 1 unspecified atom stereocenters. The third-order valence-electron chi connectivity index (χ3n) is 1.98. The lowest BCUT2D eigenvalue weighted by Crippen LogP contribution is -2.07. The molecule has 0 saturated heterocycles. The van der Waals surface area contributed by atoms with Crippen LogP contribution in [0.1, 0.15) is 25.3 Å². The molecule has 0 aliphatic carbocycles. The first kappa shape index (κ1) is 11.7. The van der Waals surface area contributed by atoms with E-state index in [4.69, 9.17) is 5.11 Å². The highest BCUT2D eigenvalue weighted by molar-refractivity contribution is 5.81. The Balaban J connectivity index is 2.37. The van der Waals surface area contributed by atoms with E-state index in [9.17, 15) is 4.79 Å². The monoisotopic (exact) mass is 204 g/mol. The number of allylic oxidation sites excluding steroid dienone is 1. The summed E-state index contributed by atoms with van der Waals surface area (Å²) in [5.41, 5.74) is 1.09. The van der Waals surface area contributed by atoms with Gasteiger partial charge in [-0.1, -0.05) is 42.5 Å². The van der Waals surface area contributed by atoms with Gasteiger partial charge in [0.05, 0.1) is 6.10 Å². The summed E-state index contributed by atoms with van der Waals surface area (Å²) in [7, 11) is 0. The van der Waals surface area contributed by atoms with Crippen LogP contribution in [0.3, 0.4) is 0 Å². The number of rotatable bonds is 5. The average Bonchev–Trinajstić information content (AvgIpc) is 2.18. The van der Waals surface area contributed by atoms with E-state index in [0.717, 1.165) is 5.56 Å². The second kappa shape index (κ2) is 6.14. The van der Waals surface area contributed by atoms with Crippen LogP contribution in [0.4, 0.5) is 0 Å². The molecule has 0 saturated carbocycles. The van der Waals surface area contributed by atoms with Crippen LogP contribution in [0.15, 0.2) is 36.4 Å². The summed E-state index contributed by atoms with van der Waals surface area (Å²) in [4.78, 5) is 11.2. The molecule has 1 atom stereocenters. The summed E-state index contributed by atoms with van der Waals surface area (Å²) < 4.78 is 0. The lowest BCUT2D eigenvalue weighted by Gasteiger charge is -1.99. The first-order chi connectivity index (χ1) is 7.18. The van der Waals surface area contributed by atoms with Crippen molar-refractivity contribution in [2.45, 2.75) is 25.9 Å². The highest BCUT2D eigenvalue weighted by atomic mass is 16.3. The van der Waals surface area contributed by atoms with Crippen molar-refractivity contribution in [3.63, 3.8) is 0 Å². The molecular weight excluding hydrogens is 188 g/mol. The molecule has 0 aliphatic heterocycles. The van der Waals surface area contributed by atoms with E-state index in [-0.39, 0.29) is 12.2 Å². The third-order valence-corrected chi connectivity index (χ3v) is 1.98. The predicted octanol–water partition coefficient (Wildman–Crippen LogP) is 2.43. The van der Waals surface area contributed by atoms with E-state index in [1.165, 1.54) is 0 Å². The molecule has 0 fully saturated rings. The molecule has 0 aliphatic rings. The SMILES string of the molecule is CC(O)CC(=O)C/C=C/c1ccccc1. The van der Waals surface area contributed by atoms with E-state index in [0.29, 0.717) is 6.42 Å². The highest BCUT2D eigenvalue weighted by Gasteiger charge is 2.03. The van der Waals surface area contributed by atoms with Gasteiger partial charge in [0.1, 0.15) is 5.78 Å². The summed E-state index contributed by atoms with van der Waals surface area (Å²) in [5.74, 6) is 0.0668. The average molecular weight is 204 g/mol. The van der Waals surface area contributed by atoms with E-state index >= 15 is 0 Å². The van der Waals surface area contributed by atoms with Gasteiger partial charge in [0.2, 0.25) is 0 Å². The van der Waals surface area contributed by atoms with Gasteiger partial charge in [0, 0.05) is 12.8 Å². The number of hydrogen-bond acceptors (Lipinski definition) is 2. The van der Waals surface area contributed by atoms with E-state index in [2.05, 4.69) is 0 Å². The van der Waals surface area contributed by atoms with Gasteiger partial charge < -0.3 is 5.11 Å². The highest BCUT2D eigenvalue weighted by Crippen LogP contribution is 2.03. The van der Waals surface area contributed by atoms with Crippen molar-refractivity contribution in [1.82, 2.24) is 0 Å². The summed E-state index contributed by atoms with van der Waals surface area (Å²) in [6.07, 6.45) is 3.83. The second-order valence-electron chi connectivity index (χ2n) is 3.61. The molecule has 0 bridgehead atoms. The molecule has 80 valence electrons. The van der Waals surface area contributed by atoms with Gasteiger partial charge in [0.15, 0.2) is 0 Å². The fourth-order valence-electron chi connectivity index (χ4n) is 1.30. The maximum absolute atomic E-state index is 11.2. The van der Waals surface area contributed by atoms with Crippen LogP contribution in [-0.4, -0.2) is 17.0 Å². The van der Waals surface area contributed by atoms with Crippen molar-refractivity contribution in [2.24, 2.45) is 0 Å². The van der Waals surface area contributed by atoms with Gasteiger partial charge in [-0.15, -0.1) is 0 Å². The Morgan fingerprint density at radius 2 is 2.07 bits per heavy atom. The molecule has 1 N–H and O–H groups in total. The van der Waals surface area contributed by atoms with Crippen LogP contribution < -0.4 is 0 Å². The van der Waals surface area contributed by atoms with Gasteiger partial charge in [-0.3, -0.25) is 4.79 Å². The lowest BCUT2D eigenvalue weighted by atomic mass is 10.1. The lowest BCUT2D eigenvalue weighted by molar-refractivity contribution is -0.119. The number of aliphatic hydroxyl groups is 1. The summed E-state index contributed by atoms with van der Waals surface area (Å²) in [6.45, 7) is 1.62. The normalized spacial score (nSPS) is 12.9. The maximum atomic E-state index is 11.2. The molecule has 0 amide bonds. The van der Waals surface area contributed by atoms with Crippen LogP contribution in [-0.2, 0) is 4.79 Å². The smallest absolute Gasteiger partial charge is 0.139 e. The van der Waals surface area contributed by atoms with Crippen LogP contribution in [0.5, 0.6) is 0 Å². The zero-order valence-electron chi connectivity index (χ0n) is 8.89. The van der Waals surface area contributed by atoms with Crippen LogP contribution in [0, 0.1) is 0 Å². The first-order valence-electron chi connectivity index (χ1n) is 5.10. The minimum Gasteiger partial charge on any atom is -0.393 e. The van der Waals surface area contributed by atoms with E-state index in [1.807, 2.05) is 42.5 Å². The van der Waals surface area contributed by atoms with Crippen molar-refractivity contribution in [3.8, 4) is 0 Å². The van der Waals surface area contributed by atoms with Gasteiger partial charge in [-0.2, -0.15) is 0 Å². The van der Waals surface area contributed by atoms with Gasteiger partial charge in [-0.25, -0.2) is 0 Å². The standard InChI is InChI=1S/C13H16O2/c1-11(14)10-13(15)9-5-8-12-6-3-2-4-7-12/h2-8,11,14H,9-10H2,1H3/b8-5+. The molecular formula is C13H16O2. The third kappa shape index (κ3) is 5.13. The zero-order chi connectivity index (χ0) is 11.1. The molecule has 15 heavy (non-hydrogen) atoms. The Bertz CT molecular complexity index is 326. The summed E-state index contributed by atoms with van der Waals surface area (Å²) >= 11 is 0. The molecule has 0 spiro atoms. The topological polar surface area (TPSA) is 37.3 Å². The fraction of sp³-hybridized carbons (Fsp3) is 0.308. The Labute approximate surface area is 90.3 Å². The van der Waals surface area contributed by atoms with Gasteiger partial charge >= 0.3 is 0 Å². The predicted molar refractivity (Wildman–Crippen MR) is 61.4 cm³/mol. The van der Waals surface area contributed by atoms with Crippen molar-refractivity contribution >= 4 is 11.9 Å². The molecule has 1 aromatic rings. The van der Waals surface area contributed by atoms with E-state index in [1.54, 1.807) is 6.92 Å². The number of benzene rings is 1. The minimum absolute atomic E-state index is 0.0668. The Morgan fingerprint density at radius 3 is 2.67 bits per heavy atom.